The zero-order chi connectivity index (χ0) is 15.4. The van der Waals surface area contributed by atoms with E-state index < -0.39 is 0 Å². The molecule has 0 fully saturated rings. The van der Waals surface area contributed by atoms with Crippen molar-refractivity contribution in [3.8, 4) is 0 Å². The van der Waals surface area contributed by atoms with E-state index in [0.29, 0.717) is 17.3 Å². The Balaban J connectivity index is 3.11. The molecule has 0 atom stereocenters. The Morgan fingerprint density at radius 2 is 1.80 bits per heavy atom. The van der Waals surface area contributed by atoms with Gasteiger partial charge in [0.1, 0.15) is 5.82 Å². The third kappa shape index (κ3) is 4.22. The Morgan fingerprint density at radius 3 is 2.25 bits per heavy atom. The highest BCUT2D eigenvalue weighted by atomic mass is 16.2. The van der Waals surface area contributed by atoms with E-state index in [-0.39, 0.29) is 17.9 Å². The second kappa shape index (κ2) is 6.73. The molecule has 0 unspecified atom stereocenters. The van der Waals surface area contributed by atoms with Gasteiger partial charge in [-0.25, -0.2) is 4.98 Å². The van der Waals surface area contributed by atoms with E-state index in [1.807, 2.05) is 38.7 Å². The number of carbonyl (C=O) groups excluding carboxylic acids is 1. The van der Waals surface area contributed by atoms with Gasteiger partial charge in [-0.15, -0.1) is 0 Å². The van der Waals surface area contributed by atoms with E-state index in [9.17, 15) is 4.79 Å². The lowest BCUT2D eigenvalue weighted by molar-refractivity contribution is 0.0681. The number of amides is 1. The van der Waals surface area contributed by atoms with E-state index in [2.05, 4.69) is 18.8 Å². The van der Waals surface area contributed by atoms with Crippen molar-refractivity contribution < 1.29 is 4.79 Å². The molecule has 20 heavy (non-hydrogen) atoms. The van der Waals surface area contributed by atoms with Crippen molar-refractivity contribution in [2.24, 2.45) is 5.92 Å². The summed E-state index contributed by atoms with van der Waals surface area (Å²) in [5.41, 5.74) is 7.33. The maximum atomic E-state index is 12.7. The lowest BCUT2D eigenvalue weighted by Gasteiger charge is -2.29. The van der Waals surface area contributed by atoms with E-state index in [4.69, 9.17) is 5.73 Å². The van der Waals surface area contributed by atoms with Crippen molar-refractivity contribution in [1.29, 1.82) is 0 Å². The minimum atomic E-state index is 0.0321. The maximum absolute atomic E-state index is 12.7. The minimum Gasteiger partial charge on any atom is -0.384 e. The first-order chi connectivity index (χ1) is 9.22. The summed E-state index contributed by atoms with van der Waals surface area (Å²) in [5, 5.41) is 0. The van der Waals surface area contributed by atoms with Gasteiger partial charge >= 0.3 is 0 Å². The monoisotopic (exact) mass is 277 g/mol. The van der Waals surface area contributed by atoms with Crippen LogP contribution in [0.25, 0.3) is 0 Å². The summed E-state index contributed by atoms with van der Waals surface area (Å²) in [6, 6.07) is 3.70. The first kappa shape index (κ1) is 16.5. The molecular formula is C16H27N3O. The quantitative estimate of drug-likeness (QED) is 0.898. The topological polar surface area (TPSA) is 59.2 Å². The average Bonchev–Trinajstić information content (AvgIpc) is 2.33. The van der Waals surface area contributed by atoms with Crippen molar-refractivity contribution in [3.63, 3.8) is 0 Å². The van der Waals surface area contributed by atoms with Gasteiger partial charge in [-0.05, 0) is 37.8 Å². The third-order valence-electron chi connectivity index (χ3n) is 3.15. The maximum Gasteiger partial charge on any atom is 0.254 e. The molecule has 0 aliphatic carbocycles. The third-order valence-corrected chi connectivity index (χ3v) is 3.15. The van der Waals surface area contributed by atoms with Crippen molar-refractivity contribution in [3.05, 3.63) is 23.4 Å². The number of carbonyl (C=O) groups is 1. The summed E-state index contributed by atoms with van der Waals surface area (Å²) in [4.78, 5) is 18.9. The van der Waals surface area contributed by atoms with Crippen LogP contribution in [-0.2, 0) is 0 Å². The van der Waals surface area contributed by atoms with Crippen LogP contribution in [0.2, 0.25) is 0 Å². The number of rotatable bonds is 5. The van der Waals surface area contributed by atoms with Crippen LogP contribution in [-0.4, -0.2) is 28.4 Å². The van der Waals surface area contributed by atoms with Crippen LogP contribution in [0.4, 0.5) is 5.82 Å². The largest absolute Gasteiger partial charge is 0.384 e. The smallest absolute Gasteiger partial charge is 0.254 e. The van der Waals surface area contributed by atoms with Gasteiger partial charge < -0.3 is 10.6 Å². The molecule has 0 aliphatic rings. The van der Waals surface area contributed by atoms with Crippen molar-refractivity contribution >= 4 is 11.7 Å². The molecule has 1 aromatic heterocycles. The van der Waals surface area contributed by atoms with Gasteiger partial charge in [0, 0.05) is 23.8 Å². The number of nitrogens with two attached hydrogens (primary N) is 1. The van der Waals surface area contributed by atoms with Gasteiger partial charge in [-0.3, -0.25) is 4.79 Å². The lowest BCUT2D eigenvalue weighted by atomic mass is 10.1. The summed E-state index contributed by atoms with van der Waals surface area (Å²) in [6.07, 6.45) is 0. The summed E-state index contributed by atoms with van der Waals surface area (Å²) >= 11 is 0. The highest BCUT2D eigenvalue weighted by Gasteiger charge is 2.21. The molecule has 1 amide bonds. The van der Waals surface area contributed by atoms with Crippen molar-refractivity contribution in [2.75, 3.05) is 12.3 Å². The normalized spacial score (nSPS) is 11.4. The average molecular weight is 277 g/mol. The van der Waals surface area contributed by atoms with Gasteiger partial charge in [0.2, 0.25) is 0 Å². The van der Waals surface area contributed by atoms with Crippen LogP contribution < -0.4 is 5.73 Å². The fraction of sp³-hybridized carbons (Fsp3) is 0.625. The van der Waals surface area contributed by atoms with Gasteiger partial charge in [-0.1, -0.05) is 27.7 Å². The van der Waals surface area contributed by atoms with E-state index in [0.717, 1.165) is 12.2 Å². The molecule has 0 radical (unpaired) electrons. The summed E-state index contributed by atoms with van der Waals surface area (Å²) in [6.45, 7) is 13.1. The Labute approximate surface area is 122 Å². The van der Waals surface area contributed by atoms with Crippen LogP contribution in [0.1, 0.15) is 63.5 Å². The molecule has 0 aromatic carbocycles. The van der Waals surface area contributed by atoms with Gasteiger partial charge in [0.25, 0.3) is 5.91 Å². The molecule has 2 N–H and O–H groups in total. The van der Waals surface area contributed by atoms with Gasteiger partial charge in [0.05, 0.1) is 0 Å². The molecule has 1 aromatic rings. The second-order valence-electron chi connectivity index (χ2n) is 6.31. The molecule has 112 valence electrons. The Hall–Kier alpha value is -1.58. The first-order valence-electron chi connectivity index (χ1n) is 7.30. The molecule has 4 nitrogen and oxygen atoms in total. The number of nitrogen functional groups attached to an aromatic ring is 1. The second-order valence-corrected chi connectivity index (χ2v) is 6.31. The number of hydrogen-bond donors (Lipinski definition) is 1. The lowest BCUT2D eigenvalue weighted by Crippen LogP contribution is -2.39. The van der Waals surface area contributed by atoms with Crippen LogP contribution in [0, 0.1) is 5.92 Å². The standard InChI is InChI=1S/C16H27N3O/c1-10(2)9-19(12(5)6)16(20)13-7-14(11(3)4)18-15(17)8-13/h7-8,10-12H,9H2,1-6H3,(H2,17,18). The van der Waals surface area contributed by atoms with Crippen molar-refractivity contribution in [1.82, 2.24) is 9.88 Å². The molecule has 4 heteroatoms. The zero-order valence-electron chi connectivity index (χ0n) is 13.5. The van der Waals surface area contributed by atoms with Crippen LogP contribution in [0.15, 0.2) is 12.1 Å². The molecule has 1 heterocycles. The molecule has 0 saturated heterocycles. The molecular weight excluding hydrogens is 250 g/mol. The predicted molar refractivity (Wildman–Crippen MR) is 83.7 cm³/mol. The first-order valence-corrected chi connectivity index (χ1v) is 7.30. The fourth-order valence-electron chi connectivity index (χ4n) is 2.08. The number of pyridine rings is 1. The number of hydrogen-bond acceptors (Lipinski definition) is 3. The molecule has 1 rings (SSSR count). The van der Waals surface area contributed by atoms with Crippen LogP contribution in [0.3, 0.4) is 0 Å². The SMILES string of the molecule is CC(C)CN(C(=O)c1cc(N)nc(C(C)C)c1)C(C)C. The Bertz CT molecular complexity index is 467. The highest BCUT2D eigenvalue weighted by Crippen LogP contribution is 2.18. The number of anilines is 1. The molecule has 0 bridgehead atoms. The molecule has 0 spiro atoms. The molecule has 0 saturated carbocycles. The summed E-state index contributed by atoms with van der Waals surface area (Å²) in [7, 11) is 0. The Kier molecular flexibility index (Phi) is 5.54. The van der Waals surface area contributed by atoms with Crippen molar-refractivity contribution in [2.45, 2.75) is 53.5 Å². The minimum absolute atomic E-state index is 0.0321. The van der Waals surface area contributed by atoms with E-state index >= 15 is 0 Å². The van der Waals surface area contributed by atoms with Crippen LogP contribution in [0.5, 0.6) is 0 Å². The number of aromatic nitrogens is 1. The van der Waals surface area contributed by atoms with Crippen LogP contribution >= 0.6 is 0 Å². The van der Waals surface area contributed by atoms with Gasteiger partial charge in [0.15, 0.2) is 0 Å². The summed E-state index contributed by atoms with van der Waals surface area (Å²) < 4.78 is 0. The van der Waals surface area contributed by atoms with E-state index in [1.54, 1.807) is 6.07 Å². The van der Waals surface area contributed by atoms with Gasteiger partial charge in [-0.2, -0.15) is 0 Å². The summed E-state index contributed by atoms with van der Waals surface area (Å²) in [5.74, 6) is 1.13. The highest BCUT2D eigenvalue weighted by molar-refractivity contribution is 5.95. The zero-order valence-corrected chi connectivity index (χ0v) is 13.5. The fourth-order valence-corrected chi connectivity index (χ4v) is 2.08. The Morgan fingerprint density at radius 1 is 1.20 bits per heavy atom. The number of nitrogens with zero attached hydrogens (tertiary/aromatic N) is 2. The molecule has 0 aliphatic heterocycles. The van der Waals surface area contributed by atoms with E-state index in [1.165, 1.54) is 0 Å². The predicted octanol–water partition coefficient (Wildman–Crippen LogP) is 3.29.